The van der Waals surface area contributed by atoms with Crippen molar-refractivity contribution in [3.05, 3.63) is 105 Å². The van der Waals surface area contributed by atoms with Crippen molar-refractivity contribution in [1.29, 1.82) is 0 Å². The molecular formula is C27H25N3O4. The number of rotatable bonds is 5. The van der Waals surface area contributed by atoms with E-state index in [1.54, 1.807) is 12.1 Å². The highest BCUT2D eigenvalue weighted by atomic mass is 16.6. The summed E-state index contributed by atoms with van der Waals surface area (Å²) in [5.41, 5.74) is 4.99. The number of nitro benzene ring substituents is 1. The maximum absolute atomic E-state index is 13.6. The highest BCUT2D eigenvalue weighted by Crippen LogP contribution is 2.44. The first-order chi connectivity index (χ1) is 16.5. The molecule has 0 radical (unpaired) electrons. The highest BCUT2D eigenvalue weighted by Gasteiger charge is 2.36. The number of nitrogens with one attached hydrogen (secondary N) is 2. The molecule has 172 valence electrons. The van der Waals surface area contributed by atoms with Gasteiger partial charge >= 0.3 is 0 Å². The Balaban J connectivity index is 1.56. The molecule has 1 aliphatic carbocycles. The normalized spacial score (nSPS) is 19.3. The number of nitro groups is 1. The predicted octanol–water partition coefficient (Wildman–Crippen LogP) is 5.97. The zero-order valence-corrected chi connectivity index (χ0v) is 18.8. The van der Waals surface area contributed by atoms with E-state index >= 15 is 0 Å². The van der Waals surface area contributed by atoms with Crippen molar-refractivity contribution in [3.8, 4) is 5.75 Å². The second kappa shape index (κ2) is 9.02. The molecule has 7 nitrogen and oxygen atoms in total. The monoisotopic (exact) mass is 455 g/mol. The Morgan fingerprint density at radius 3 is 2.47 bits per heavy atom. The molecule has 0 amide bonds. The number of non-ortho nitro benzene ring substituents is 1. The number of allylic oxidation sites excluding steroid dienone is 1. The van der Waals surface area contributed by atoms with Crippen LogP contribution >= 0.6 is 0 Å². The van der Waals surface area contributed by atoms with E-state index in [4.69, 9.17) is 4.74 Å². The third-order valence-electron chi connectivity index (χ3n) is 6.39. The van der Waals surface area contributed by atoms with Gasteiger partial charge in [-0.3, -0.25) is 14.9 Å². The Kier molecular flexibility index (Phi) is 5.76. The molecule has 2 aliphatic rings. The topological polar surface area (TPSA) is 93.5 Å². The van der Waals surface area contributed by atoms with E-state index in [1.807, 2.05) is 61.5 Å². The van der Waals surface area contributed by atoms with E-state index in [0.29, 0.717) is 30.6 Å². The fourth-order valence-corrected chi connectivity index (χ4v) is 4.80. The molecule has 2 unspecified atom stereocenters. The zero-order chi connectivity index (χ0) is 23.7. The molecule has 7 heteroatoms. The summed E-state index contributed by atoms with van der Waals surface area (Å²) in [6.45, 7) is 2.55. The predicted molar refractivity (Wildman–Crippen MR) is 131 cm³/mol. The van der Waals surface area contributed by atoms with Gasteiger partial charge in [0.25, 0.3) is 5.69 Å². The molecule has 0 aromatic heterocycles. The number of anilines is 2. The summed E-state index contributed by atoms with van der Waals surface area (Å²) in [5, 5.41) is 18.4. The first-order valence-electron chi connectivity index (χ1n) is 11.4. The number of Topliss-reactive ketones (excluding diaryl/α,β-unsaturated/α-hetero) is 1. The minimum absolute atomic E-state index is 0.00228. The molecule has 5 rings (SSSR count). The smallest absolute Gasteiger partial charge is 0.269 e. The maximum Gasteiger partial charge on any atom is 0.269 e. The lowest BCUT2D eigenvalue weighted by Crippen LogP contribution is -2.26. The Morgan fingerprint density at radius 2 is 1.74 bits per heavy atom. The van der Waals surface area contributed by atoms with E-state index in [9.17, 15) is 14.9 Å². The van der Waals surface area contributed by atoms with Crippen LogP contribution in [0.5, 0.6) is 5.75 Å². The number of ketones is 1. The van der Waals surface area contributed by atoms with E-state index in [2.05, 4.69) is 10.6 Å². The van der Waals surface area contributed by atoms with Gasteiger partial charge in [-0.15, -0.1) is 0 Å². The zero-order valence-electron chi connectivity index (χ0n) is 18.8. The van der Waals surface area contributed by atoms with Gasteiger partial charge in [-0.25, -0.2) is 0 Å². The minimum atomic E-state index is -0.486. The summed E-state index contributed by atoms with van der Waals surface area (Å²) >= 11 is 0. The van der Waals surface area contributed by atoms with Gasteiger partial charge in [0.05, 0.1) is 28.9 Å². The Morgan fingerprint density at radius 1 is 0.971 bits per heavy atom. The van der Waals surface area contributed by atoms with Gasteiger partial charge in [0, 0.05) is 29.8 Å². The molecule has 1 aliphatic heterocycles. The number of carbonyl (C=O) groups is 1. The van der Waals surface area contributed by atoms with Crippen LogP contribution in [0.4, 0.5) is 17.1 Å². The largest absolute Gasteiger partial charge is 0.494 e. The van der Waals surface area contributed by atoms with Crippen molar-refractivity contribution in [2.75, 3.05) is 17.2 Å². The molecule has 0 saturated heterocycles. The average Bonchev–Trinajstić information content (AvgIpc) is 3.02. The van der Waals surface area contributed by atoms with E-state index in [0.717, 1.165) is 28.4 Å². The summed E-state index contributed by atoms with van der Waals surface area (Å²) in [5.74, 6) is 0.875. The van der Waals surface area contributed by atoms with Crippen LogP contribution in [-0.2, 0) is 4.79 Å². The van der Waals surface area contributed by atoms with Crippen LogP contribution in [0.2, 0.25) is 0 Å². The number of fused-ring (bicyclic) bond motifs is 1. The summed E-state index contributed by atoms with van der Waals surface area (Å²) in [6, 6.07) is 21.7. The molecule has 2 N–H and O–H groups in total. The van der Waals surface area contributed by atoms with Crippen LogP contribution in [0.25, 0.3) is 0 Å². The summed E-state index contributed by atoms with van der Waals surface area (Å²) < 4.78 is 5.56. The molecule has 3 aromatic rings. The van der Waals surface area contributed by atoms with Crippen molar-refractivity contribution in [3.63, 3.8) is 0 Å². The van der Waals surface area contributed by atoms with Gasteiger partial charge in [0.15, 0.2) is 5.78 Å². The van der Waals surface area contributed by atoms with Crippen molar-refractivity contribution in [1.82, 2.24) is 0 Å². The van der Waals surface area contributed by atoms with Gasteiger partial charge in [-0.1, -0.05) is 36.4 Å². The molecule has 0 saturated carbocycles. The van der Waals surface area contributed by atoms with Crippen molar-refractivity contribution in [2.45, 2.75) is 31.7 Å². The quantitative estimate of drug-likeness (QED) is 0.363. The van der Waals surface area contributed by atoms with Gasteiger partial charge in [0.2, 0.25) is 0 Å². The lowest BCUT2D eigenvalue weighted by molar-refractivity contribution is -0.384. The number of hydrogen-bond donors (Lipinski definition) is 2. The summed E-state index contributed by atoms with van der Waals surface area (Å²) in [7, 11) is 0. The van der Waals surface area contributed by atoms with Gasteiger partial charge in [-0.05, 0) is 54.7 Å². The van der Waals surface area contributed by atoms with E-state index in [1.165, 1.54) is 6.07 Å². The molecule has 0 spiro atoms. The summed E-state index contributed by atoms with van der Waals surface area (Å²) in [6.07, 6.45) is 1.04. The second-order valence-corrected chi connectivity index (χ2v) is 8.52. The van der Waals surface area contributed by atoms with Crippen LogP contribution in [0, 0.1) is 10.1 Å². The Hall–Kier alpha value is -4.13. The highest BCUT2D eigenvalue weighted by molar-refractivity contribution is 6.01. The minimum Gasteiger partial charge on any atom is -0.494 e. The van der Waals surface area contributed by atoms with Crippen molar-refractivity contribution < 1.29 is 14.5 Å². The van der Waals surface area contributed by atoms with Gasteiger partial charge in [0.1, 0.15) is 5.75 Å². The van der Waals surface area contributed by atoms with E-state index < -0.39 is 11.0 Å². The number of hydrogen-bond acceptors (Lipinski definition) is 6. The number of benzene rings is 3. The van der Waals surface area contributed by atoms with Crippen molar-refractivity contribution in [2.24, 2.45) is 0 Å². The number of para-hydroxylation sites is 2. The molecule has 3 aromatic carbocycles. The SMILES string of the molecule is CCOc1ccc(C2CC(=O)C3=C(C2)Nc2ccccc2NC3c2cccc([N+](=O)[O-])c2)cc1. The fourth-order valence-electron chi connectivity index (χ4n) is 4.80. The molecule has 0 bridgehead atoms. The standard InChI is InChI=1S/C27H25N3O4/c1-2-34-21-12-10-17(11-13-21)19-15-24-26(25(31)16-19)27(18-6-5-7-20(14-18)30(32)33)29-23-9-4-3-8-22(23)28-24/h3-14,19,27-29H,2,15-16H2,1H3. The molecule has 34 heavy (non-hydrogen) atoms. The Labute approximate surface area is 197 Å². The Bertz CT molecular complexity index is 1280. The first kappa shape index (κ1) is 21.7. The number of ether oxygens (including phenoxy) is 1. The van der Waals surface area contributed by atoms with Crippen molar-refractivity contribution >= 4 is 22.8 Å². The molecular weight excluding hydrogens is 430 g/mol. The van der Waals surface area contributed by atoms with Crippen LogP contribution < -0.4 is 15.4 Å². The second-order valence-electron chi connectivity index (χ2n) is 8.52. The first-order valence-corrected chi connectivity index (χ1v) is 11.4. The van der Waals surface area contributed by atoms with Crippen LogP contribution in [0.15, 0.2) is 84.1 Å². The van der Waals surface area contributed by atoms with Gasteiger partial charge in [-0.2, -0.15) is 0 Å². The van der Waals surface area contributed by atoms with Crippen LogP contribution in [0.1, 0.15) is 42.9 Å². The molecule has 2 atom stereocenters. The molecule has 1 heterocycles. The summed E-state index contributed by atoms with van der Waals surface area (Å²) in [4.78, 5) is 24.6. The molecule has 0 fully saturated rings. The third kappa shape index (κ3) is 4.12. The lowest BCUT2D eigenvalue weighted by Gasteiger charge is -2.30. The maximum atomic E-state index is 13.6. The third-order valence-corrected chi connectivity index (χ3v) is 6.39. The van der Waals surface area contributed by atoms with E-state index in [-0.39, 0.29) is 17.4 Å². The average molecular weight is 456 g/mol. The number of carbonyl (C=O) groups excluding carboxylic acids is 1. The number of nitrogens with zero attached hydrogens (tertiary/aromatic N) is 1. The lowest BCUT2D eigenvalue weighted by atomic mass is 9.78. The fraction of sp³-hybridized carbons (Fsp3) is 0.222. The van der Waals surface area contributed by atoms with Crippen LogP contribution in [-0.4, -0.2) is 17.3 Å². The van der Waals surface area contributed by atoms with Crippen LogP contribution in [0.3, 0.4) is 0 Å². The van der Waals surface area contributed by atoms with Gasteiger partial charge < -0.3 is 15.4 Å².